The number of anilines is 1. The van der Waals surface area contributed by atoms with E-state index in [-0.39, 0.29) is 18.5 Å². The highest BCUT2D eigenvalue weighted by atomic mass is 32.1. The van der Waals surface area contributed by atoms with Crippen LogP contribution in [0.2, 0.25) is 0 Å². The number of urea groups is 1. The van der Waals surface area contributed by atoms with Crippen molar-refractivity contribution >= 4 is 29.0 Å². The molecule has 180 valence electrons. The van der Waals surface area contributed by atoms with Crippen LogP contribution in [0, 0.1) is 6.92 Å². The van der Waals surface area contributed by atoms with Crippen LogP contribution in [0.3, 0.4) is 0 Å². The first-order valence-electron chi connectivity index (χ1n) is 11.6. The van der Waals surface area contributed by atoms with Gasteiger partial charge in [-0.2, -0.15) is 0 Å². The molecule has 0 fully saturated rings. The number of nitrogens with zero attached hydrogens (tertiary/aromatic N) is 2. The van der Waals surface area contributed by atoms with E-state index in [0.717, 1.165) is 16.0 Å². The summed E-state index contributed by atoms with van der Waals surface area (Å²) in [5.74, 6) is -0.0901. The van der Waals surface area contributed by atoms with Crippen molar-refractivity contribution in [2.24, 2.45) is 0 Å². The summed E-state index contributed by atoms with van der Waals surface area (Å²) < 4.78 is 5.44. The van der Waals surface area contributed by atoms with Crippen LogP contribution in [0.5, 0.6) is 0 Å². The van der Waals surface area contributed by atoms with Gasteiger partial charge in [0.2, 0.25) is 5.91 Å². The first-order valence-corrected chi connectivity index (χ1v) is 12.5. The molecule has 0 saturated heterocycles. The number of hydrogen-bond donors (Lipinski definition) is 1. The highest BCUT2D eigenvalue weighted by Gasteiger charge is 2.22. The number of aryl methyl sites for hydroxylation is 1. The Morgan fingerprint density at radius 3 is 2.38 bits per heavy atom. The summed E-state index contributed by atoms with van der Waals surface area (Å²) in [6.07, 6.45) is 0.659. The standard InChI is InChI=1S/C27H33N3O3S/c1-3-33-17-8-16-29(27(32)28-24-14-12-22(2)13-15-24)21-26(31)30(20-25-11-7-18-34-25)19-23-9-5-4-6-10-23/h4-7,9-15,18H,3,8,16-17,19-21H2,1-2H3,(H,28,32). The van der Waals surface area contributed by atoms with Crippen molar-refractivity contribution < 1.29 is 14.3 Å². The number of ether oxygens (including phenoxy) is 1. The molecule has 0 spiro atoms. The second-order valence-corrected chi connectivity index (χ2v) is 9.12. The zero-order valence-corrected chi connectivity index (χ0v) is 20.7. The number of benzene rings is 2. The van der Waals surface area contributed by atoms with Crippen molar-refractivity contribution in [2.75, 3.05) is 31.6 Å². The van der Waals surface area contributed by atoms with Gasteiger partial charge in [0.25, 0.3) is 0 Å². The van der Waals surface area contributed by atoms with Crippen molar-refractivity contribution in [3.05, 3.63) is 88.1 Å². The minimum atomic E-state index is -0.288. The molecule has 3 aromatic rings. The lowest BCUT2D eigenvalue weighted by molar-refractivity contribution is -0.133. The van der Waals surface area contributed by atoms with Crippen molar-refractivity contribution in [1.82, 2.24) is 9.80 Å². The predicted molar refractivity (Wildman–Crippen MR) is 138 cm³/mol. The Labute approximate surface area is 206 Å². The van der Waals surface area contributed by atoms with E-state index in [1.807, 2.05) is 90.9 Å². The number of thiophene rings is 1. The number of nitrogens with one attached hydrogen (secondary N) is 1. The molecule has 0 bridgehead atoms. The molecule has 6 nitrogen and oxygen atoms in total. The molecule has 2 aromatic carbocycles. The number of amides is 3. The topological polar surface area (TPSA) is 61.9 Å². The molecule has 0 aliphatic rings. The summed E-state index contributed by atoms with van der Waals surface area (Å²) in [4.78, 5) is 31.1. The fourth-order valence-corrected chi connectivity index (χ4v) is 4.20. The number of rotatable bonds is 12. The minimum Gasteiger partial charge on any atom is -0.382 e. The zero-order chi connectivity index (χ0) is 24.2. The van der Waals surface area contributed by atoms with Crippen LogP contribution >= 0.6 is 11.3 Å². The quantitative estimate of drug-likeness (QED) is 0.347. The van der Waals surface area contributed by atoms with E-state index in [9.17, 15) is 9.59 Å². The van der Waals surface area contributed by atoms with Crippen molar-refractivity contribution in [1.29, 1.82) is 0 Å². The summed E-state index contributed by atoms with van der Waals surface area (Å²) in [7, 11) is 0. The maximum absolute atomic E-state index is 13.5. The molecule has 0 atom stereocenters. The normalized spacial score (nSPS) is 10.6. The monoisotopic (exact) mass is 479 g/mol. The number of hydrogen-bond acceptors (Lipinski definition) is 4. The van der Waals surface area contributed by atoms with Crippen LogP contribution in [0.1, 0.15) is 29.3 Å². The average Bonchev–Trinajstić information content (AvgIpc) is 3.36. The van der Waals surface area contributed by atoms with Crippen LogP contribution in [0.25, 0.3) is 0 Å². The molecule has 0 saturated carbocycles. The molecule has 3 amide bonds. The third kappa shape index (κ3) is 8.32. The van der Waals surface area contributed by atoms with E-state index in [0.29, 0.717) is 45.0 Å². The first kappa shape index (κ1) is 25.5. The lowest BCUT2D eigenvalue weighted by Crippen LogP contribution is -2.44. The zero-order valence-electron chi connectivity index (χ0n) is 19.9. The van der Waals surface area contributed by atoms with Gasteiger partial charge in [0.1, 0.15) is 6.54 Å². The second-order valence-electron chi connectivity index (χ2n) is 8.08. The van der Waals surface area contributed by atoms with Gasteiger partial charge in [0.05, 0.1) is 6.54 Å². The molecule has 7 heteroatoms. The van der Waals surface area contributed by atoms with E-state index in [1.165, 1.54) is 0 Å². The molecule has 3 rings (SSSR count). The molecule has 1 N–H and O–H groups in total. The molecule has 0 aliphatic heterocycles. The van der Waals surface area contributed by atoms with Gasteiger partial charge in [-0.1, -0.05) is 54.1 Å². The van der Waals surface area contributed by atoms with E-state index in [4.69, 9.17) is 4.74 Å². The Morgan fingerprint density at radius 2 is 1.71 bits per heavy atom. The first-order chi connectivity index (χ1) is 16.5. The van der Waals surface area contributed by atoms with E-state index in [2.05, 4.69) is 5.32 Å². The molecular formula is C27H33N3O3S. The summed E-state index contributed by atoms with van der Waals surface area (Å²) in [6.45, 7) is 6.55. The van der Waals surface area contributed by atoms with E-state index >= 15 is 0 Å². The van der Waals surface area contributed by atoms with Gasteiger partial charge >= 0.3 is 6.03 Å². The largest absolute Gasteiger partial charge is 0.382 e. The Balaban J connectivity index is 1.72. The maximum atomic E-state index is 13.5. The van der Waals surface area contributed by atoms with Crippen LogP contribution in [-0.4, -0.2) is 48.0 Å². The minimum absolute atomic E-state index is 0.00201. The molecule has 34 heavy (non-hydrogen) atoms. The van der Waals surface area contributed by atoms with Gasteiger partial charge < -0.3 is 19.9 Å². The summed E-state index contributed by atoms with van der Waals surface area (Å²) >= 11 is 1.62. The van der Waals surface area contributed by atoms with Gasteiger partial charge in [-0.15, -0.1) is 11.3 Å². The fraction of sp³-hybridized carbons (Fsp3) is 0.333. The van der Waals surface area contributed by atoms with Crippen LogP contribution in [0.15, 0.2) is 72.1 Å². The summed E-state index contributed by atoms with van der Waals surface area (Å²) in [5, 5.41) is 4.94. The summed E-state index contributed by atoms with van der Waals surface area (Å²) in [6, 6.07) is 21.3. The molecule has 1 aromatic heterocycles. The van der Waals surface area contributed by atoms with Crippen LogP contribution in [-0.2, 0) is 22.6 Å². The van der Waals surface area contributed by atoms with Gasteiger partial charge in [-0.25, -0.2) is 4.79 Å². The van der Waals surface area contributed by atoms with Crippen LogP contribution in [0.4, 0.5) is 10.5 Å². The highest BCUT2D eigenvalue weighted by molar-refractivity contribution is 7.09. The van der Waals surface area contributed by atoms with Gasteiger partial charge in [0, 0.05) is 36.9 Å². The fourth-order valence-electron chi connectivity index (χ4n) is 3.48. The number of carbonyl (C=O) groups excluding carboxylic acids is 2. The predicted octanol–water partition coefficient (Wildman–Crippen LogP) is 5.55. The van der Waals surface area contributed by atoms with Gasteiger partial charge in [0.15, 0.2) is 0 Å². The SMILES string of the molecule is CCOCCCN(CC(=O)N(Cc1ccccc1)Cc1cccs1)C(=O)Nc1ccc(C)cc1. The average molecular weight is 480 g/mol. The second kappa shape index (κ2) is 13.5. The molecule has 0 aliphatic carbocycles. The Kier molecular flexibility index (Phi) is 10.1. The molecule has 0 unspecified atom stereocenters. The smallest absolute Gasteiger partial charge is 0.322 e. The lowest BCUT2D eigenvalue weighted by atomic mass is 10.2. The van der Waals surface area contributed by atoms with Crippen LogP contribution < -0.4 is 5.32 Å². The Morgan fingerprint density at radius 1 is 0.941 bits per heavy atom. The molecule has 1 heterocycles. The van der Waals surface area contributed by atoms with Gasteiger partial charge in [-0.05, 0) is 49.4 Å². The lowest BCUT2D eigenvalue weighted by Gasteiger charge is -2.28. The van der Waals surface area contributed by atoms with E-state index < -0.39 is 0 Å². The summed E-state index contributed by atoms with van der Waals surface area (Å²) in [5.41, 5.74) is 2.88. The van der Waals surface area contributed by atoms with Crippen molar-refractivity contribution in [3.63, 3.8) is 0 Å². The van der Waals surface area contributed by atoms with Crippen molar-refractivity contribution in [3.8, 4) is 0 Å². The van der Waals surface area contributed by atoms with E-state index in [1.54, 1.807) is 16.2 Å². The van der Waals surface area contributed by atoms with Gasteiger partial charge in [-0.3, -0.25) is 4.79 Å². The third-order valence-electron chi connectivity index (χ3n) is 5.33. The maximum Gasteiger partial charge on any atom is 0.322 e. The molecular weight excluding hydrogens is 446 g/mol. The third-order valence-corrected chi connectivity index (χ3v) is 6.19. The highest BCUT2D eigenvalue weighted by Crippen LogP contribution is 2.16. The Bertz CT molecular complexity index is 1010. The van der Waals surface area contributed by atoms with Crippen molar-refractivity contribution in [2.45, 2.75) is 33.4 Å². The molecule has 0 radical (unpaired) electrons. The number of carbonyl (C=O) groups is 2. The Hall–Kier alpha value is -3.16.